The number of nitrogens with zero attached hydrogens (tertiary/aromatic N) is 2. The highest BCUT2D eigenvalue weighted by atomic mass is 16.6. The largest absolute Gasteiger partial charge is 0.292 e. The number of Topliss-reactive ketones (excluding diaryl/α,β-unsaturated/α-hetero) is 1. The van der Waals surface area contributed by atoms with Crippen molar-refractivity contribution in [2.45, 2.75) is 33.6 Å². The SMILES string of the molecule is CC1(C)[C@H]2CC[C@@]1(C)C(=O)/C2=N/Nc1ccc([N+](=O)[O-])cc1. The molecule has 2 bridgehead atoms. The van der Waals surface area contributed by atoms with Crippen molar-refractivity contribution in [3.63, 3.8) is 0 Å². The third-order valence-electron chi connectivity index (χ3n) is 5.67. The molecule has 0 spiro atoms. The Morgan fingerprint density at radius 2 is 1.91 bits per heavy atom. The van der Waals surface area contributed by atoms with Crippen LogP contribution in [-0.4, -0.2) is 16.4 Å². The van der Waals surface area contributed by atoms with E-state index in [4.69, 9.17) is 0 Å². The molecule has 2 fully saturated rings. The quantitative estimate of drug-likeness (QED) is 0.685. The van der Waals surface area contributed by atoms with E-state index in [1.165, 1.54) is 12.1 Å². The highest BCUT2D eigenvalue weighted by Gasteiger charge is 2.65. The van der Waals surface area contributed by atoms with Gasteiger partial charge in [-0.25, -0.2) is 0 Å². The van der Waals surface area contributed by atoms with Gasteiger partial charge < -0.3 is 0 Å². The van der Waals surface area contributed by atoms with Crippen molar-refractivity contribution in [1.29, 1.82) is 0 Å². The second kappa shape index (κ2) is 4.63. The summed E-state index contributed by atoms with van der Waals surface area (Å²) < 4.78 is 0. The molecule has 2 aliphatic rings. The van der Waals surface area contributed by atoms with Crippen molar-refractivity contribution in [3.05, 3.63) is 34.4 Å². The number of benzene rings is 1. The Morgan fingerprint density at radius 3 is 2.41 bits per heavy atom. The van der Waals surface area contributed by atoms with E-state index in [-0.39, 0.29) is 28.2 Å². The van der Waals surface area contributed by atoms with Crippen molar-refractivity contribution >= 4 is 22.9 Å². The third-order valence-corrected chi connectivity index (χ3v) is 5.67. The van der Waals surface area contributed by atoms with Gasteiger partial charge in [-0.3, -0.25) is 20.3 Å². The fourth-order valence-corrected chi connectivity index (χ4v) is 3.74. The molecule has 2 saturated carbocycles. The summed E-state index contributed by atoms with van der Waals surface area (Å²) in [6.07, 6.45) is 1.90. The number of carbonyl (C=O) groups excluding carboxylic acids is 1. The van der Waals surface area contributed by atoms with Crippen LogP contribution in [0.1, 0.15) is 33.6 Å². The fourth-order valence-electron chi connectivity index (χ4n) is 3.74. The highest BCUT2D eigenvalue weighted by Crippen LogP contribution is 2.62. The average molecular weight is 301 g/mol. The van der Waals surface area contributed by atoms with E-state index < -0.39 is 4.92 Å². The number of hydrazone groups is 1. The van der Waals surface area contributed by atoms with Crippen LogP contribution in [0, 0.1) is 26.9 Å². The molecule has 0 saturated heterocycles. The second-order valence-electron chi connectivity index (χ2n) is 6.89. The van der Waals surface area contributed by atoms with Gasteiger partial charge in [0.25, 0.3) is 5.69 Å². The zero-order valence-electron chi connectivity index (χ0n) is 12.9. The third kappa shape index (κ3) is 1.86. The van der Waals surface area contributed by atoms with Crippen molar-refractivity contribution in [3.8, 4) is 0 Å². The smallest absolute Gasteiger partial charge is 0.269 e. The van der Waals surface area contributed by atoms with Crippen molar-refractivity contribution < 1.29 is 9.72 Å². The standard InChI is InChI=1S/C16H19N3O3/c1-15(2)12-8-9-16(15,3)14(20)13(12)18-17-10-4-6-11(7-5-10)19(21)22/h4-7,12,17H,8-9H2,1-3H3/b18-13+/t12-,16-/m0/s1. The number of anilines is 1. The van der Waals surface area contributed by atoms with Crippen LogP contribution in [0.4, 0.5) is 11.4 Å². The Labute approximate surface area is 128 Å². The van der Waals surface area contributed by atoms with Crippen molar-refractivity contribution in [2.75, 3.05) is 5.43 Å². The van der Waals surface area contributed by atoms with E-state index in [9.17, 15) is 14.9 Å². The first-order valence-electron chi connectivity index (χ1n) is 7.40. The molecule has 0 heterocycles. The number of fused-ring (bicyclic) bond motifs is 2. The number of hydrogen-bond acceptors (Lipinski definition) is 5. The van der Waals surface area contributed by atoms with E-state index in [1.807, 2.05) is 6.92 Å². The summed E-state index contributed by atoms with van der Waals surface area (Å²) in [6.45, 7) is 6.30. The Kier molecular flexibility index (Phi) is 3.09. The Morgan fingerprint density at radius 1 is 1.27 bits per heavy atom. The predicted molar refractivity (Wildman–Crippen MR) is 83.8 cm³/mol. The molecule has 2 aliphatic carbocycles. The van der Waals surface area contributed by atoms with Gasteiger partial charge in [-0.05, 0) is 30.4 Å². The van der Waals surface area contributed by atoms with Gasteiger partial charge in [0.05, 0.1) is 10.6 Å². The molecule has 22 heavy (non-hydrogen) atoms. The second-order valence-corrected chi connectivity index (χ2v) is 6.89. The minimum Gasteiger partial charge on any atom is -0.292 e. The van der Waals surface area contributed by atoms with E-state index in [1.54, 1.807) is 12.1 Å². The summed E-state index contributed by atoms with van der Waals surface area (Å²) in [5.41, 5.74) is 3.75. The minimum atomic E-state index is -0.446. The van der Waals surface area contributed by atoms with Gasteiger partial charge in [0.1, 0.15) is 5.71 Å². The van der Waals surface area contributed by atoms with Crippen molar-refractivity contribution in [1.82, 2.24) is 0 Å². The summed E-state index contributed by atoms with van der Waals surface area (Å²) in [6, 6.07) is 6.01. The van der Waals surface area contributed by atoms with Gasteiger partial charge in [0.15, 0.2) is 5.78 Å². The zero-order valence-corrected chi connectivity index (χ0v) is 12.9. The van der Waals surface area contributed by atoms with Gasteiger partial charge in [-0.15, -0.1) is 0 Å². The first-order chi connectivity index (χ1) is 10.3. The Balaban J connectivity index is 1.82. The van der Waals surface area contributed by atoms with Crippen LogP contribution in [0.3, 0.4) is 0 Å². The lowest BCUT2D eigenvalue weighted by Crippen LogP contribution is -2.33. The Hall–Kier alpha value is -2.24. The lowest BCUT2D eigenvalue weighted by molar-refractivity contribution is -0.384. The van der Waals surface area contributed by atoms with Gasteiger partial charge in [0.2, 0.25) is 0 Å². The van der Waals surface area contributed by atoms with E-state index >= 15 is 0 Å². The first-order valence-corrected chi connectivity index (χ1v) is 7.40. The van der Waals surface area contributed by atoms with Gasteiger partial charge in [-0.1, -0.05) is 20.8 Å². The average Bonchev–Trinajstić information content (AvgIpc) is 2.78. The van der Waals surface area contributed by atoms with E-state index in [2.05, 4.69) is 24.4 Å². The number of rotatable bonds is 3. The maximum Gasteiger partial charge on any atom is 0.269 e. The molecular weight excluding hydrogens is 282 g/mol. The van der Waals surface area contributed by atoms with Crippen LogP contribution < -0.4 is 5.43 Å². The number of nitrogens with one attached hydrogen (secondary N) is 1. The molecule has 0 radical (unpaired) electrons. The van der Waals surface area contributed by atoms with Gasteiger partial charge >= 0.3 is 0 Å². The summed E-state index contributed by atoms with van der Waals surface area (Å²) in [4.78, 5) is 22.8. The molecule has 3 rings (SSSR count). The van der Waals surface area contributed by atoms with E-state index in [0.29, 0.717) is 11.4 Å². The maximum absolute atomic E-state index is 12.6. The van der Waals surface area contributed by atoms with Crippen LogP contribution in [0.25, 0.3) is 0 Å². The highest BCUT2D eigenvalue weighted by molar-refractivity contribution is 6.45. The minimum absolute atomic E-state index is 0.0304. The summed E-state index contributed by atoms with van der Waals surface area (Å²) >= 11 is 0. The Bertz CT molecular complexity index is 678. The maximum atomic E-state index is 12.6. The molecule has 1 N–H and O–H groups in total. The van der Waals surface area contributed by atoms with Crippen molar-refractivity contribution in [2.24, 2.45) is 21.8 Å². The molecular formula is C16H19N3O3. The number of carbonyl (C=O) groups is 1. The van der Waals surface area contributed by atoms with Crippen LogP contribution in [-0.2, 0) is 4.79 Å². The molecule has 1 aromatic carbocycles. The van der Waals surface area contributed by atoms with E-state index in [0.717, 1.165) is 12.8 Å². The van der Waals surface area contributed by atoms with Crippen LogP contribution in [0.15, 0.2) is 29.4 Å². The molecule has 0 aromatic heterocycles. The number of hydrogen-bond donors (Lipinski definition) is 1. The van der Waals surface area contributed by atoms with Gasteiger partial charge in [-0.2, -0.15) is 5.10 Å². The lowest BCUT2D eigenvalue weighted by atomic mass is 9.70. The summed E-state index contributed by atoms with van der Waals surface area (Å²) in [5, 5.41) is 14.9. The normalized spacial score (nSPS) is 30.8. The molecule has 1 aromatic rings. The van der Waals surface area contributed by atoms with Crippen LogP contribution in [0.2, 0.25) is 0 Å². The van der Waals surface area contributed by atoms with Crippen LogP contribution in [0.5, 0.6) is 0 Å². The molecule has 0 aliphatic heterocycles. The molecule has 2 atom stereocenters. The number of ketones is 1. The monoisotopic (exact) mass is 301 g/mol. The topological polar surface area (TPSA) is 84.6 Å². The first kappa shape index (κ1) is 14.7. The number of nitro groups is 1. The fraction of sp³-hybridized carbons (Fsp3) is 0.500. The molecule has 6 heteroatoms. The number of nitro benzene ring substituents is 1. The lowest BCUT2D eigenvalue weighted by Gasteiger charge is -2.31. The summed E-state index contributed by atoms with van der Waals surface area (Å²) in [7, 11) is 0. The summed E-state index contributed by atoms with van der Waals surface area (Å²) in [5.74, 6) is 0.304. The number of non-ortho nitro benzene ring substituents is 1. The zero-order chi connectivity index (χ0) is 16.1. The van der Waals surface area contributed by atoms with Crippen LogP contribution >= 0.6 is 0 Å². The predicted octanol–water partition coefficient (Wildman–Crippen LogP) is 3.39. The molecule has 0 unspecified atom stereocenters. The molecule has 6 nitrogen and oxygen atoms in total. The molecule has 0 amide bonds. The molecule has 116 valence electrons. The van der Waals surface area contributed by atoms with Gasteiger partial charge in [0, 0.05) is 23.5 Å².